The van der Waals surface area contributed by atoms with E-state index in [4.69, 9.17) is 0 Å². The van der Waals surface area contributed by atoms with Crippen LogP contribution in [0.5, 0.6) is 0 Å². The van der Waals surface area contributed by atoms with E-state index in [0.29, 0.717) is 11.3 Å². The number of carboxylic acids is 1. The average molecular weight is 382 g/mol. The van der Waals surface area contributed by atoms with Crippen LogP contribution >= 0.6 is 0 Å². The summed E-state index contributed by atoms with van der Waals surface area (Å²) in [5.74, 6) is -2.52. The zero-order valence-corrected chi connectivity index (χ0v) is 15.8. The van der Waals surface area contributed by atoms with Crippen molar-refractivity contribution in [3.8, 4) is 0 Å². The van der Waals surface area contributed by atoms with E-state index in [9.17, 15) is 19.5 Å². The fourth-order valence-corrected chi connectivity index (χ4v) is 4.96. The summed E-state index contributed by atoms with van der Waals surface area (Å²) in [6, 6.07) is 7.05. The normalized spacial score (nSPS) is 28.9. The highest BCUT2D eigenvalue weighted by Gasteiger charge is 2.51. The van der Waals surface area contributed by atoms with Crippen LogP contribution in [0.4, 0.5) is 5.69 Å². The van der Waals surface area contributed by atoms with Gasteiger partial charge in [0.05, 0.1) is 11.8 Å². The third-order valence-electron chi connectivity index (χ3n) is 6.40. The van der Waals surface area contributed by atoms with Crippen molar-refractivity contribution >= 4 is 23.5 Å². The maximum atomic E-state index is 12.7. The minimum absolute atomic E-state index is 0.00774. The highest BCUT2D eigenvalue weighted by atomic mass is 16.4. The van der Waals surface area contributed by atoms with Crippen molar-refractivity contribution in [2.45, 2.75) is 44.6 Å². The van der Waals surface area contributed by atoms with Crippen LogP contribution in [-0.2, 0) is 9.59 Å². The summed E-state index contributed by atoms with van der Waals surface area (Å²) in [4.78, 5) is 36.7. The van der Waals surface area contributed by atoms with E-state index in [0.717, 1.165) is 32.1 Å². The Bertz CT molecular complexity index is 795. The van der Waals surface area contributed by atoms with Crippen LogP contribution in [-0.4, -0.2) is 28.9 Å². The Labute approximate surface area is 164 Å². The SMILES string of the molecule is O=C(NC1CCCCC1)c1ccc(NC(=O)[C@@H]2[C@H](C(=O)O)[C@H]3C=C[C@H]2C3)cc1. The molecule has 2 fully saturated rings. The molecule has 4 rings (SSSR count). The molecule has 3 aliphatic carbocycles. The number of nitrogens with one attached hydrogen (secondary N) is 2. The molecule has 0 saturated heterocycles. The van der Waals surface area contributed by atoms with Crippen LogP contribution < -0.4 is 10.6 Å². The monoisotopic (exact) mass is 382 g/mol. The largest absolute Gasteiger partial charge is 0.481 e. The van der Waals surface area contributed by atoms with E-state index in [1.807, 2.05) is 12.2 Å². The number of amides is 2. The summed E-state index contributed by atoms with van der Waals surface area (Å²) in [5.41, 5.74) is 1.14. The van der Waals surface area contributed by atoms with Crippen molar-refractivity contribution < 1.29 is 19.5 Å². The molecule has 6 heteroatoms. The number of hydrogen-bond donors (Lipinski definition) is 3. The number of carbonyl (C=O) groups is 3. The van der Waals surface area contributed by atoms with E-state index in [2.05, 4.69) is 10.6 Å². The Morgan fingerprint density at radius 3 is 2.18 bits per heavy atom. The van der Waals surface area contributed by atoms with Crippen molar-refractivity contribution in [3.63, 3.8) is 0 Å². The Hall–Kier alpha value is -2.63. The number of anilines is 1. The number of benzene rings is 1. The number of allylic oxidation sites excluding steroid dienone is 2. The number of carbonyl (C=O) groups excluding carboxylic acids is 2. The van der Waals surface area contributed by atoms with E-state index in [1.165, 1.54) is 6.42 Å². The molecule has 1 aromatic rings. The minimum Gasteiger partial charge on any atom is -0.481 e. The summed E-state index contributed by atoms with van der Waals surface area (Å²) in [6.07, 6.45) is 10.2. The first-order valence-corrected chi connectivity index (χ1v) is 10.2. The van der Waals surface area contributed by atoms with Gasteiger partial charge in [0.15, 0.2) is 0 Å². The van der Waals surface area contributed by atoms with E-state index in [1.54, 1.807) is 24.3 Å². The first-order chi connectivity index (χ1) is 13.5. The molecular formula is C22H26N2O4. The van der Waals surface area contributed by atoms with E-state index >= 15 is 0 Å². The zero-order chi connectivity index (χ0) is 19.7. The van der Waals surface area contributed by atoms with Gasteiger partial charge in [-0.2, -0.15) is 0 Å². The van der Waals surface area contributed by atoms with Crippen LogP contribution in [0.2, 0.25) is 0 Å². The van der Waals surface area contributed by atoms with Gasteiger partial charge in [0.25, 0.3) is 5.91 Å². The predicted octanol–water partition coefficient (Wildman–Crippen LogP) is 3.21. The van der Waals surface area contributed by atoms with Gasteiger partial charge in [0, 0.05) is 17.3 Å². The summed E-state index contributed by atoms with van der Waals surface area (Å²) in [6.45, 7) is 0. The van der Waals surface area contributed by atoms with Gasteiger partial charge in [0.2, 0.25) is 5.91 Å². The summed E-state index contributed by atoms with van der Waals surface area (Å²) < 4.78 is 0. The van der Waals surface area contributed by atoms with Gasteiger partial charge >= 0.3 is 5.97 Å². The Balaban J connectivity index is 1.37. The number of aliphatic carboxylic acids is 1. The van der Waals surface area contributed by atoms with Gasteiger partial charge in [-0.1, -0.05) is 31.4 Å². The quantitative estimate of drug-likeness (QED) is 0.682. The summed E-state index contributed by atoms with van der Waals surface area (Å²) in [7, 11) is 0. The van der Waals surface area contributed by atoms with Crippen LogP contribution in [0.25, 0.3) is 0 Å². The second-order valence-corrected chi connectivity index (χ2v) is 8.21. The molecule has 6 nitrogen and oxygen atoms in total. The van der Waals surface area contributed by atoms with Crippen LogP contribution in [0.3, 0.4) is 0 Å². The molecule has 0 aromatic heterocycles. The van der Waals surface area contributed by atoms with Gasteiger partial charge in [0.1, 0.15) is 0 Å². The maximum absolute atomic E-state index is 12.7. The average Bonchev–Trinajstić information content (AvgIpc) is 3.31. The van der Waals surface area contributed by atoms with Gasteiger partial charge in [-0.05, 0) is 55.4 Å². The van der Waals surface area contributed by atoms with Crippen molar-refractivity contribution in [1.29, 1.82) is 0 Å². The van der Waals surface area contributed by atoms with Crippen LogP contribution in [0.1, 0.15) is 48.9 Å². The van der Waals surface area contributed by atoms with Crippen molar-refractivity contribution in [2.75, 3.05) is 5.32 Å². The molecule has 3 aliphatic rings. The Morgan fingerprint density at radius 1 is 0.893 bits per heavy atom. The lowest BCUT2D eigenvalue weighted by atomic mass is 9.82. The molecule has 0 spiro atoms. The Morgan fingerprint density at radius 2 is 1.54 bits per heavy atom. The molecule has 2 amide bonds. The van der Waals surface area contributed by atoms with Gasteiger partial charge in [-0.25, -0.2) is 0 Å². The molecule has 0 aliphatic heterocycles. The summed E-state index contributed by atoms with van der Waals surface area (Å²) in [5, 5.41) is 15.4. The highest BCUT2D eigenvalue weighted by molar-refractivity contribution is 5.98. The predicted molar refractivity (Wildman–Crippen MR) is 105 cm³/mol. The molecule has 0 radical (unpaired) electrons. The van der Waals surface area contributed by atoms with Gasteiger partial charge in [-0.15, -0.1) is 0 Å². The molecule has 2 saturated carbocycles. The molecule has 2 bridgehead atoms. The van der Waals surface area contributed by atoms with Crippen LogP contribution in [0, 0.1) is 23.7 Å². The topological polar surface area (TPSA) is 95.5 Å². The van der Waals surface area contributed by atoms with Crippen molar-refractivity contribution in [2.24, 2.45) is 23.7 Å². The smallest absolute Gasteiger partial charge is 0.307 e. The second-order valence-electron chi connectivity index (χ2n) is 8.21. The fourth-order valence-electron chi connectivity index (χ4n) is 4.96. The summed E-state index contributed by atoms with van der Waals surface area (Å²) >= 11 is 0. The fraction of sp³-hybridized carbons (Fsp3) is 0.500. The van der Waals surface area contributed by atoms with Gasteiger partial charge in [-0.3, -0.25) is 14.4 Å². The second kappa shape index (κ2) is 7.78. The van der Waals surface area contributed by atoms with Crippen LogP contribution in [0.15, 0.2) is 36.4 Å². The maximum Gasteiger partial charge on any atom is 0.307 e. The zero-order valence-electron chi connectivity index (χ0n) is 15.8. The van der Waals surface area contributed by atoms with Crippen molar-refractivity contribution in [1.82, 2.24) is 5.32 Å². The lowest BCUT2D eigenvalue weighted by molar-refractivity contribution is -0.146. The Kier molecular flexibility index (Phi) is 5.20. The standard InChI is InChI=1S/C22H26N2O4/c25-20(23-16-4-2-1-3-5-16)13-8-10-17(11-9-13)24-21(26)18-14-6-7-15(12-14)19(18)22(27)28/h6-11,14-16,18-19H,1-5,12H2,(H,23,25)(H,24,26)(H,27,28)/t14-,15-,18-,19+/m0/s1. The number of hydrogen-bond acceptors (Lipinski definition) is 3. The highest BCUT2D eigenvalue weighted by Crippen LogP contribution is 2.48. The molecule has 0 heterocycles. The molecule has 148 valence electrons. The lowest BCUT2D eigenvalue weighted by Gasteiger charge is -2.24. The molecular weight excluding hydrogens is 356 g/mol. The van der Waals surface area contributed by atoms with Crippen molar-refractivity contribution in [3.05, 3.63) is 42.0 Å². The third-order valence-corrected chi connectivity index (χ3v) is 6.40. The first-order valence-electron chi connectivity index (χ1n) is 10.2. The minimum atomic E-state index is -0.910. The number of rotatable bonds is 5. The molecule has 4 atom stereocenters. The lowest BCUT2D eigenvalue weighted by Crippen LogP contribution is -2.36. The molecule has 0 unspecified atom stereocenters. The molecule has 1 aromatic carbocycles. The van der Waals surface area contributed by atoms with E-state index in [-0.39, 0.29) is 29.7 Å². The first kappa shape index (κ1) is 18.7. The number of carboxylic acid groups (broad SMARTS) is 1. The third kappa shape index (κ3) is 3.68. The molecule has 28 heavy (non-hydrogen) atoms. The van der Waals surface area contributed by atoms with Gasteiger partial charge < -0.3 is 15.7 Å². The van der Waals surface area contributed by atoms with E-state index < -0.39 is 17.8 Å². The molecule has 3 N–H and O–H groups in total. The number of fused-ring (bicyclic) bond motifs is 2.